The van der Waals surface area contributed by atoms with E-state index in [0.29, 0.717) is 12.0 Å². The zero-order chi connectivity index (χ0) is 18.5. The van der Waals surface area contributed by atoms with E-state index in [1.54, 1.807) is 11.3 Å². The van der Waals surface area contributed by atoms with Gasteiger partial charge in [-0.3, -0.25) is 4.79 Å². The summed E-state index contributed by atoms with van der Waals surface area (Å²) in [6.07, 6.45) is 10.5. The van der Waals surface area contributed by atoms with E-state index >= 15 is 0 Å². The van der Waals surface area contributed by atoms with Gasteiger partial charge >= 0.3 is 0 Å². The molecule has 1 aromatic heterocycles. The van der Waals surface area contributed by atoms with Gasteiger partial charge in [0.05, 0.1) is 15.8 Å². The van der Waals surface area contributed by atoms with Crippen LogP contribution in [0, 0.1) is 0 Å². The van der Waals surface area contributed by atoms with E-state index in [2.05, 4.69) is 35.9 Å². The number of fused-ring (bicyclic) bond motifs is 1. The van der Waals surface area contributed by atoms with Crippen LogP contribution < -0.4 is 0 Å². The van der Waals surface area contributed by atoms with E-state index in [9.17, 15) is 4.79 Å². The van der Waals surface area contributed by atoms with Gasteiger partial charge in [0, 0.05) is 25.2 Å². The number of rotatable bonds is 4. The summed E-state index contributed by atoms with van der Waals surface area (Å²) in [5, 5.41) is 0.794. The highest BCUT2D eigenvalue weighted by Crippen LogP contribution is 2.29. The zero-order valence-electron chi connectivity index (χ0n) is 15.5. The molecule has 1 aliphatic carbocycles. The smallest absolute Gasteiger partial charge is 0.169 e. The van der Waals surface area contributed by atoms with Gasteiger partial charge in [-0.15, -0.1) is 11.3 Å². The molecule has 0 unspecified atom stereocenters. The Morgan fingerprint density at radius 3 is 2.58 bits per heavy atom. The number of carbonyl (C=O) groups is 1. The summed E-state index contributed by atoms with van der Waals surface area (Å²) >= 11 is 1.57. The first-order valence-corrected chi connectivity index (χ1v) is 9.84. The fourth-order valence-corrected chi connectivity index (χ4v) is 4.07. The molecule has 0 bridgehead atoms. The van der Waals surface area contributed by atoms with E-state index in [-0.39, 0.29) is 5.78 Å². The Morgan fingerprint density at radius 1 is 1.12 bits per heavy atom. The summed E-state index contributed by atoms with van der Waals surface area (Å²) in [7, 11) is 0. The molecule has 1 aliphatic rings. The molecule has 26 heavy (non-hydrogen) atoms. The highest BCUT2D eigenvalue weighted by molar-refractivity contribution is 7.19. The maximum absolute atomic E-state index is 12.9. The lowest BCUT2D eigenvalue weighted by atomic mass is 10.0. The number of carbonyl (C=O) groups excluding carboxylic acids is 1. The van der Waals surface area contributed by atoms with Gasteiger partial charge in [0.25, 0.3) is 0 Å². The Labute approximate surface area is 159 Å². The molecule has 134 valence electrons. The van der Waals surface area contributed by atoms with E-state index in [4.69, 9.17) is 0 Å². The van der Waals surface area contributed by atoms with Crippen LogP contribution >= 0.6 is 11.3 Å². The number of hydrogen-bond acceptors (Lipinski definition) is 4. The molecule has 0 atom stereocenters. The van der Waals surface area contributed by atoms with Gasteiger partial charge in [-0.05, 0) is 51.1 Å². The number of Topliss-reactive ketones (excluding diaryl/α,β-unsaturated/α-hetero) is 1. The molecule has 3 rings (SSSR count). The van der Waals surface area contributed by atoms with Gasteiger partial charge in [0.1, 0.15) is 5.01 Å². The fraction of sp³-hybridized carbons (Fsp3) is 0.273. The second-order valence-corrected chi connectivity index (χ2v) is 7.34. The summed E-state index contributed by atoms with van der Waals surface area (Å²) in [5.74, 6) is 0.114. The van der Waals surface area contributed by atoms with E-state index in [1.807, 2.05) is 49.4 Å². The summed E-state index contributed by atoms with van der Waals surface area (Å²) in [4.78, 5) is 19.9. The standard InChI is InChI=1S/C22H24N2OS/c1-4-24(5-2)17-10-6-7-11-18(20(25)15-16(3)14-17)22-23-19-12-8-9-13-21(19)26-22/h6-14H,4-5,15H2,1-3H3/b7-6+,16-14+,17-10+,18-11+. The van der Waals surface area contributed by atoms with Crippen molar-refractivity contribution < 1.29 is 4.79 Å². The van der Waals surface area contributed by atoms with Crippen LogP contribution in [0.2, 0.25) is 0 Å². The molecule has 4 heteroatoms. The molecule has 1 heterocycles. The van der Waals surface area contributed by atoms with Gasteiger partial charge in [-0.25, -0.2) is 4.98 Å². The van der Waals surface area contributed by atoms with Crippen LogP contribution in [0.5, 0.6) is 0 Å². The average molecular weight is 365 g/mol. The van der Waals surface area contributed by atoms with Gasteiger partial charge in [-0.1, -0.05) is 29.9 Å². The topological polar surface area (TPSA) is 33.2 Å². The number of ketones is 1. The molecular weight excluding hydrogens is 340 g/mol. The van der Waals surface area contributed by atoms with Crippen LogP contribution in [0.15, 0.2) is 65.9 Å². The van der Waals surface area contributed by atoms with Crippen LogP contribution in [-0.4, -0.2) is 28.8 Å². The Kier molecular flexibility index (Phi) is 5.84. The molecule has 2 aromatic rings. The summed E-state index contributed by atoms with van der Waals surface area (Å²) < 4.78 is 1.10. The minimum absolute atomic E-state index is 0.114. The third kappa shape index (κ3) is 4.02. The normalized spacial score (nSPS) is 22.7. The summed E-state index contributed by atoms with van der Waals surface area (Å²) in [6, 6.07) is 8.00. The van der Waals surface area contributed by atoms with E-state index in [1.165, 1.54) is 0 Å². The minimum atomic E-state index is 0.114. The van der Waals surface area contributed by atoms with Crippen molar-refractivity contribution in [3.8, 4) is 0 Å². The van der Waals surface area contributed by atoms with Crippen LogP contribution in [-0.2, 0) is 4.79 Å². The van der Waals surface area contributed by atoms with Crippen molar-refractivity contribution in [2.45, 2.75) is 27.2 Å². The molecule has 0 spiro atoms. The third-order valence-electron chi connectivity index (χ3n) is 4.43. The quantitative estimate of drug-likeness (QED) is 0.730. The van der Waals surface area contributed by atoms with Crippen LogP contribution in [0.25, 0.3) is 15.8 Å². The Hall–Kier alpha value is -2.46. The molecular formula is C22H24N2OS. The zero-order valence-corrected chi connectivity index (χ0v) is 16.3. The fourth-order valence-electron chi connectivity index (χ4n) is 3.06. The lowest BCUT2D eigenvalue weighted by molar-refractivity contribution is -0.113. The molecule has 0 radical (unpaired) electrons. The number of allylic oxidation sites excluding steroid dienone is 7. The lowest BCUT2D eigenvalue weighted by Crippen LogP contribution is -2.21. The maximum atomic E-state index is 12.9. The molecule has 3 nitrogen and oxygen atoms in total. The lowest BCUT2D eigenvalue weighted by Gasteiger charge is -2.22. The van der Waals surface area contributed by atoms with Crippen molar-refractivity contribution in [2.24, 2.45) is 0 Å². The van der Waals surface area contributed by atoms with E-state index < -0.39 is 0 Å². The molecule has 0 saturated heterocycles. The number of nitrogens with zero attached hydrogens (tertiary/aromatic N) is 2. The monoisotopic (exact) mass is 364 g/mol. The molecule has 0 saturated carbocycles. The predicted octanol–water partition coefficient (Wildman–Crippen LogP) is 5.38. The number of thiazole rings is 1. The minimum Gasteiger partial charge on any atom is -0.372 e. The predicted molar refractivity (Wildman–Crippen MR) is 111 cm³/mol. The second kappa shape index (κ2) is 8.28. The SMILES string of the molecule is CCN(CC)C1=C/C=C/C=C(/c2nc3ccccc3s2)C(=O)C\C(C)=C\1. The molecule has 0 aliphatic heterocycles. The number of likely N-dealkylation sites (N-methyl/N-ethyl adjacent to an activating group) is 1. The number of aromatic nitrogens is 1. The first kappa shape index (κ1) is 18.3. The van der Waals surface area contributed by atoms with Crippen molar-refractivity contribution in [3.63, 3.8) is 0 Å². The Balaban J connectivity index is 2.00. The number of hydrogen-bond donors (Lipinski definition) is 0. The van der Waals surface area contributed by atoms with Crippen LogP contribution in [0.4, 0.5) is 0 Å². The molecule has 1 aromatic carbocycles. The Bertz CT molecular complexity index is 894. The van der Waals surface area contributed by atoms with Crippen molar-refractivity contribution in [1.82, 2.24) is 9.88 Å². The highest BCUT2D eigenvalue weighted by Gasteiger charge is 2.17. The van der Waals surface area contributed by atoms with Gasteiger partial charge < -0.3 is 4.90 Å². The molecule has 0 amide bonds. The van der Waals surface area contributed by atoms with Crippen molar-refractivity contribution in [2.75, 3.05) is 13.1 Å². The summed E-state index contributed by atoms with van der Waals surface area (Å²) in [6.45, 7) is 8.21. The third-order valence-corrected chi connectivity index (χ3v) is 5.50. The second-order valence-electron chi connectivity index (χ2n) is 6.31. The number of benzene rings is 1. The highest BCUT2D eigenvalue weighted by atomic mass is 32.1. The number of para-hydroxylation sites is 1. The Morgan fingerprint density at radius 2 is 1.85 bits per heavy atom. The molecule has 0 fully saturated rings. The first-order valence-electron chi connectivity index (χ1n) is 9.02. The van der Waals surface area contributed by atoms with Crippen LogP contribution in [0.1, 0.15) is 32.2 Å². The van der Waals surface area contributed by atoms with Crippen molar-refractivity contribution in [3.05, 3.63) is 70.9 Å². The van der Waals surface area contributed by atoms with Gasteiger partial charge in [0.2, 0.25) is 0 Å². The van der Waals surface area contributed by atoms with E-state index in [0.717, 1.165) is 39.6 Å². The molecule has 0 N–H and O–H groups in total. The van der Waals surface area contributed by atoms with Crippen LogP contribution in [0.3, 0.4) is 0 Å². The van der Waals surface area contributed by atoms with Gasteiger partial charge in [0.15, 0.2) is 5.78 Å². The first-order chi connectivity index (χ1) is 12.6. The summed E-state index contributed by atoms with van der Waals surface area (Å²) in [5.41, 5.74) is 3.84. The largest absolute Gasteiger partial charge is 0.372 e. The van der Waals surface area contributed by atoms with Crippen molar-refractivity contribution >= 4 is 32.9 Å². The van der Waals surface area contributed by atoms with Crippen molar-refractivity contribution in [1.29, 1.82) is 0 Å². The average Bonchev–Trinajstić information content (AvgIpc) is 3.05. The maximum Gasteiger partial charge on any atom is 0.169 e. The van der Waals surface area contributed by atoms with Gasteiger partial charge in [-0.2, -0.15) is 0 Å².